The monoisotopic (exact) mass is 493 g/mol. The molecule has 4 nitrogen and oxygen atoms in total. The third kappa shape index (κ3) is 5.43. The minimum atomic E-state index is -0.102. The van der Waals surface area contributed by atoms with Crippen LogP contribution in [0.3, 0.4) is 0 Å². The van der Waals surface area contributed by atoms with Gasteiger partial charge in [0.1, 0.15) is 4.32 Å². The molecule has 0 saturated carbocycles. The van der Waals surface area contributed by atoms with E-state index in [0.29, 0.717) is 33.9 Å². The van der Waals surface area contributed by atoms with Gasteiger partial charge in [0.2, 0.25) is 0 Å². The molecule has 0 N–H and O–H groups in total. The van der Waals surface area contributed by atoms with Crippen molar-refractivity contribution >= 4 is 62.8 Å². The molecule has 0 aliphatic carbocycles. The molecule has 1 saturated heterocycles. The van der Waals surface area contributed by atoms with Gasteiger partial charge in [0.05, 0.1) is 18.6 Å². The minimum Gasteiger partial charge on any atom is -0.493 e. The molecule has 0 bridgehead atoms. The summed E-state index contributed by atoms with van der Waals surface area (Å²) in [6, 6.07) is 20.4. The maximum Gasteiger partial charge on any atom is 0.266 e. The molecule has 3 aromatic carbocycles. The third-order valence-electron chi connectivity index (χ3n) is 5.02. The lowest BCUT2D eigenvalue weighted by molar-refractivity contribution is -0.121. The van der Waals surface area contributed by atoms with Gasteiger partial charge in [-0.2, -0.15) is 0 Å². The van der Waals surface area contributed by atoms with Crippen LogP contribution in [0.25, 0.3) is 16.8 Å². The van der Waals surface area contributed by atoms with E-state index in [4.69, 9.17) is 21.7 Å². The van der Waals surface area contributed by atoms with E-state index in [0.717, 1.165) is 11.3 Å². The Kier molecular flexibility index (Phi) is 7.75. The molecule has 1 amide bonds. The number of thiocarbonyl (C=S) groups is 1. The van der Waals surface area contributed by atoms with E-state index in [2.05, 4.69) is 49.0 Å². The van der Waals surface area contributed by atoms with Gasteiger partial charge in [-0.05, 0) is 40.6 Å². The lowest BCUT2D eigenvalue weighted by Gasteiger charge is -2.12. The van der Waals surface area contributed by atoms with Gasteiger partial charge in [0.15, 0.2) is 11.5 Å². The van der Waals surface area contributed by atoms with Crippen LogP contribution in [0.2, 0.25) is 0 Å². The predicted molar refractivity (Wildman–Crippen MR) is 143 cm³/mol. The molecule has 0 unspecified atom stereocenters. The van der Waals surface area contributed by atoms with Crippen molar-refractivity contribution in [2.24, 2.45) is 0 Å². The molecule has 168 valence electrons. The second-order valence-corrected chi connectivity index (χ2v) is 9.98. The summed E-state index contributed by atoms with van der Waals surface area (Å²) in [5, 5.41) is 2.49. The van der Waals surface area contributed by atoms with Crippen LogP contribution in [0.15, 0.2) is 83.1 Å². The van der Waals surface area contributed by atoms with Crippen molar-refractivity contribution in [3.63, 3.8) is 0 Å². The van der Waals surface area contributed by atoms with Crippen LogP contribution in [0.5, 0.6) is 11.5 Å². The number of carbonyl (C=O) groups excluding carboxylic acids is 1. The molecule has 1 heterocycles. The normalized spacial score (nSPS) is 14.8. The number of benzene rings is 3. The average molecular weight is 494 g/mol. The van der Waals surface area contributed by atoms with Crippen LogP contribution >= 0.6 is 35.7 Å². The zero-order chi connectivity index (χ0) is 23.2. The SMILES string of the molecule is C=CCN1C(=O)C(=Cc2ccc(OCCSc3cccc4ccccc34)c(OC)c2)SC1=S. The molecule has 1 aliphatic heterocycles. The molecule has 33 heavy (non-hydrogen) atoms. The molecule has 4 rings (SSSR count). The number of hydrogen-bond acceptors (Lipinski definition) is 6. The van der Waals surface area contributed by atoms with Crippen molar-refractivity contribution in [3.05, 3.63) is 83.8 Å². The number of nitrogens with zero attached hydrogens (tertiary/aromatic N) is 1. The van der Waals surface area contributed by atoms with Crippen LogP contribution in [-0.4, -0.2) is 41.1 Å². The van der Waals surface area contributed by atoms with E-state index in [1.807, 2.05) is 24.3 Å². The summed E-state index contributed by atoms with van der Waals surface area (Å²) in [5.74, 6) is 2.01. The molecular weight excluding hydrogens is 470 g/mol. The van der Waals surface area contributed by atoms with Crippen LogP contribution in [-0.2, 0) is 4.79 Å². The van der Waals surface area contributed by atoms with Crippen molar-refractivity contribution in [1.29, 1.82) is 0 Å². The van der Waals surface area contributed by atoms with E-state index < -0.39 is 0 Å². The summed E-state index contributed by atoms with van der Waals surface area (Å²) in [5.41, 5.74) is 0.850. The molecule has 3 aromatic rings. The van der Waals surface area contributed by atoms with Crippen molar-refractivity contribution in [1.82, 2.24) is 4.90 Å². The fraction of sp³-hybridized carbons (Fsp3) is 0.154. The number of amides is 1. The summed E-state index contributed by atoms with van der Waals surface area (Å²) in [6.45, 7) is 4.64. The first-order valence-electron chi connectivity index (χ1n) is 10.4. The highest BCUT2D eigenvalue weighted by atomic mass is 32.2. The van der Waals surface area contributed by atoms with Gasteiger partial charge in [-0.1, -0.05) is 72.5 Å². The highest BCUT2D eigenvalue weighted by Crippen LogP contribution is 2.35. The maximum absolute atomic E-state index is 12.5. The van der Waals surface area contributed by atoms with Crippen molar-refractivity contribution in [2.75, 3.05) is 26.0 Å². The largest absolute Gasteiger partial charge is 0.493 e. The number of thioether (sulfide) groups is 2. The number of ether oxygens (including phenoxy) is 2. The summed E-state index contributed by atoms with van der Waals surface area (Å²) in [6.07, 6.45) is 3.49. The number of hydrogen-bond donors (Lipinski definition) is 0. The van der Waals surface area contributed by atoms with Crippen LogP contribution in [0, 0.1) is 0 Å². The van der Waals surface area contributed by atoms with E-state index in [9.17, 15) is 4.79 Å². The Hall–Kier alpha value is -2.74. The first kappa shape index (κ1) is 23.4. The fourth-order valence-corrected chi connectivity index (χ4v) is 5.63. The zero-order valence-corrected chi connectivity index (χ0v) is 20.6. The Bertz CT molecular complexity index is 1230. The van der Waals surface area contributed by atoms with Crippen molar-refractivity contribution in [3.8, 4) is 11.5 Å². The number of fused-ring (bicyclic) bond motifs is 1. The van der Waals surface area contributed by atoms with Gasteiger partial charge in [0.25, 0.3) is 5.91 Å². The lowest BCUT2D eigenvalue weighted by Crippen LogP contribution is -2.27. The Labute approximate surface area is 207 Å². The smallest absolute Gasteiger partial charge is 0.266 e. The summed E-state index contributed by atoms with van der Waals surface area (Å²) in [4.78, 5) is 15.9. The van der Waals surface area contributed by atoms with Gasteiger partial charge in [0, 0.05) is 17.2 Å². The average Bonchev–Trinajstić information content (AvgIpc) is 3.10. The predicted octanol–water partition coefficient (Wildman–Crippen LogP) is 6.41. The highest BCUT2D eigenvalue weighted by Gasteiger charge is 2.31. The second kappa shape index (κ2) is 10.9. The standard InChI is InChI=1S/C26H23NO3S3/c1-3-13-27-25(28)24(33-26(27)31)17-18-11-12-21(22(16-18)29-2)30-14-15-32-23-10-6-8-19-7-4-5-9-20(19)23/h3-12,16-17H,1,13-15H2,2H3. The molecular formula is C26H23NO3S3. The molecule has 1 aliphatic rings. The van der Waals surface area contributed by atoms with Crippen LogP contribution in [0.1, 0.15) is 5.56 Å². The maximum atomic E-state index is 12.5. The van der Waals surface area contributed by atoms with Gasteiger partial charge in [-0.3, -0.25) is 9.69 Å². The van der Waals surface area contributed by atoms with Crippen LogP contribution in [0.4, 0.5) is 0 Å². The third-order valence-corrected chi connectivity index (χ3v) is 7.43. The Balaban J connectivity index is 1.40. The molecule has 0 atom stereocenters. The number of carbonyl (C=O) groups is 1. The van der Waals surface area contributed by atoms with E-state index >= 15 is 0 Å². The molecule has 0 spiro atoms. The first-order valence-corrected chi connectivity index (χ1v) is 12.6. The van der Waals surface area contributed by atoms with E-state index in [1.54, 1.807) is 29.8 Å². The Morgan fingerprint density at radius 3 is 2.76 bits per heavy atom. The molecule has 1 fully saturated rings. The van der Waals surface area contributed by atoms with Gasteiger partial charge in [-0.15, -0.1) is 18.3 Å². The summed E-state index contributed by atoms with van der Waals surface area (Å²) < 4.78 is 12.1. The van der Waals surface area contributed by atoms with Gasteiger partial charge >= 0.3 is 0 Å². The summed E-state index contributed by atoms with van der Waals surface area (Å²) in [7, 11) is 1.61. The van der Waals surface area contributed by atoms with E-state index in [1.165, 1.54) is 27.4 Å². The summed E-state index contributed by atoms with van der Waals surface area (Å²) >= 11 is 8.37. The fourth-order valence-electron chi connectivity index (χ4n) is 3.46. The molecule has 7 heteroatoms. The Morgan fingerprint density at radius 1 is 1.12 bits per heavy atom. The second-order valence-electron chi connectivity index (χ2n) is 7.17. The zero-order valence-electron chi connectivity index (χ0n) is 18.2. The molecule has 0 radical (unpaired) electrons. The highest BCUT2D eigenvalue weighted by molar-refractivity contribution is 8.26. The quantitative estimate of drug-likeness (QED) is 0.113. The van der Waals surface area contributed by atoms with Crippen LogP contribution < -0.4 is 9.47 Å². The Morgan fingerprint density at radius 2 is 1.94 bits per heavy atom. The van der Waals surface area contributed by atoms with Crippen molar-refractivity contribution in [2.45, 2.75) is 4.90 Å². The first-order chi connectivity index (χ1) is 16.1. The lowest BCUT2D eigenvalue weighted by atomic mass is 10.1. The van der Waals surface area contributed by atoms with Crippen molar-refractivity contribution < 1.29 is 14.3 Å². The minimum absolute atomic E-state index is 0.102. The molecule has 0 aromatic heterocycles. The topological polar surface area (TPSA) is 38.8 Å². The number of rotatable bonds is 9. The number of methoxy groups -OCH3 is 1. The van der Waals surface area contributed by atoms with Gasteiger partial charge in [-0.25, -0.2) is 0 Å². The van der Waals surface area contributed by atoms with Gasteiger partial charge < -0.3 is 9.47 Å². The van der Waals surface area contributed by atoms with E-state index in [-0.39, 0.29) is 5.91 Å².